The number of esters is 1. The van der Waals surface area contributed by atoms with Crippen molar-refractivity contribution in [1.82, 2.24) is 9.80 Å². The van der Waals surface area contributed by atoms with Crippen LogP contribution in [0.2, 0.25) is 0 Å². The summed E-state index contributed by atoms with van der Waals surface area (Å²) in [4.78, 5) is 17.2. The van der Waals surface area contributed by atoms with Crippen molar-refractivity contribution in [2.75, 3.05) is 32.8 Å². The van der Waals surface area contributed by atoms with Gasteiger partial charge in [0.25, 0.3) is 0 Å². The van der Waals surface area contributed by atoms with Crippen LogP contribution in [0.5, 0.6) is 0 Å². The maximum atomic E-state index is 12.1. The van der Waals surface area contributed by atoms with E-state index >= 15 is 0 Å². The molecule has 1 heterocycles. The zero-order valence-electron chi connectivity index (χ0n) is 13.5. The van der Waals surface area contributed by atoms with Crippen LogP contribution in [-0.4, -0.2) is 65.6 Å². The fraction of sp³-hybridized carbons (Fsp3) is 0.867. The summed E-state index contributed by atoms with van der Waals surface area (Å²) in [5, 5.41) is 0. The molecular weight excluding hydrogens is 286 g/mol. The van der Waals surface area contributed by atoms with Crippen LogP contribution in [0.1, 0.15) is 40.0 Å². The summed E-state index contributed by atoms with van der Waals surface area (Å²) < 4.78 is 5.21. The Labute approximate surface area is 133 Å². The minimum Gasteiger partial charge on any atom is -0.465 e. The zero-order chi connectivity index (χ0) is 15.8. The molecule has 1 aliphatic heterocycles. The summed E-state index contributed by atoms with van der Waals surface area (Å²) in [5.74, 6) is -0.0887. The number of rotatable bonds is 8. The molecule has 1 aliphatic rings. The number of hydrogen-bond donors (Lipinski definition) is 1. The smallest absolute Gasteiger partial charge is 0.323 e. The van der Waals surface area contributed by atoms with Crippen LogP contribution in [0.4, 0.5) is 0 Å². The Kier molecular flexibility index (Phi) is 8.14. The minimum absolute atomic E-state index is 0.0887. The van der Waals surface area contributed by atoms with Crippen molar-refractivity contribution < 1.29 is 9.53 Å². The Hall–Kier alpha value is -0.720. The van der Waals surface area contributed by atoms with Gasteiger partial charge in [-0.2, -0.15) is 0 Å². The minimum atomic E-state index is -0.109. The van der Waals surface area contributed by atoms with Crippen LogP contribution in [0.15, 0.2) is 0 Å². The monoisotopic (exact) mass is 315 g/mol. The van der Waals surface area contributed by atoms with Crippen LogP contribution in [0.3, 0.4) is 0 Å². The first kappa shape index (κ1) is 18.3. The maximum Gasteiger partial charge on any atom is 0.323 e. The molecule has 0 aromatic carbocycles. The molecule has 122 valence electrons. The molecule has 0 aromatic rings. The first-order valence-electron chi connectivity index (χ1n) is 7.99. The highest BCUT2D eigenvalue weighted by Crippen LogP contribution is 2.15. The second kappa shape index (κ2) is 9.33. The average Bonchev–Trinajstić information content (AvgIpc) is 2.46. The molecule has 0 saturated carbocycles. The van der Waals surface area contributed by atoms with Crippen molar-refractivity contribution in [3.05, 3.63) is 0 Å². The van der Waals surface area contributed by atoms with Gasteiger partial charge in [-0.05, 0) is 19.8 Å². The third kappa shape index (κ3) is 5.20. The number of carbonyl (C=O) groups is 1. The molecule has 1 saturated heterocycles. The van der Waals surface area contributed by atoms with E-state index in [1.807, 2.05) is 6.92 Å². The number of piperazine rings is 1. The molecule has 1 fully saturated rings. The Balaban J connectivity index is 2.60. The zero-order valence-corrected chi connectivity index (χ0v) is 14.3. The molecule has 0 aliphatic carbocycles. The molecule has 21 heavy (non-hydrogen) atoms. The van der Waals surface area contributed by atoms with E-state index in [2.05, 4.69) is 23.6 Å². The molecular formula is C15H29N3O2S. The van der Waals surface area contributed by atoms with Crippen LogP contribution in [0.25, 0.3) is 0 Å². The summed E-state index contributed by atoms with van der Waals surface area (Å²) in [6.45, 7) is 10.0. The van der Waals surface area contributed by atoms with E-state index in [4.69, 9.17) is 22.7 Å². The second-order valence-corrected chi connectivity index (χ2v) is 5.93. The number of ether oxygens (including phenoxy) is 1. The largest absolute Gasteiger partial charge is 0.465 e. The quantitative estimate of drug-likeness (QED) is 0.540. The number of nitrogens with two attached hydrogens (primary N) is 1. The third-order valence-corrected chi connectivity index (χ3v) is 4.34. The molecule has 0 spiro atoms. The number of hydrogen-bond acceptors (Lipinski definition) is 5. The molecule has 0 aromatic heterocycles. The van der Waals surface area contributed by atoms with Crippen molar-refractivity contribution >= 4 is 23.2 Å². The predicted molar refractivity (Wildman–Crippen MR) is 89.3 cm³/mol. The Morgan fingerprint density at radius 3 is 2.05 bits per heavy atom. The number of nitrogens with zero attached hydrogens (tertiary/aromatic N) is 2. The van der Waals surface area contributed by atoms with Crippen molar-refractivity contribution in [1.29, 1.82) is 0 Å². The highest BCUT2D eigenvalue weighted by atomic mass is 32.1. The van der Waals surface area contributed by atoms with Gasteiger partial charge in [-0.1, -0.05) is 32.5 Å². The van der Waals surface area contributed by atoms with E-state index in [9.17, 15) is 4.79 Å². The van der Waals surface area contributed by atoms with E-state index in [0.717, 1.165) is 45.4 Å². The van der Waals surface area contributed by atoms with Gasteiger partial charge in [-0.15, -0.1) is 0 Å². The molecule has 0 bridgehead atoms. The molecule has 2 unspecified atom stereocenters. The first-order chi connectivity index (χ1) is 10.0. The van der Waals surface area contributed by atoms with Gasteiger partial charge in [0.2, 0.25) is 0 Å². The van der Waals surface area contributed by atoms with E-state index in [1.165, 1.54) is 0 Å². The van der Waals surface area contributed by atoms with Crippen molar-refractivity contribution in [3.8, 4) is 0 Å². The van der Waals surface area contributed by atoms with Gasteiger partial charge in [-0.25, -0.2) is 0 Å². The molecule has 6 heteroatoms. The van der Waals surface area contributed by atoms with Gasteiger partial charge < -0.3 is 10.5 Å². The Morgan fingerprint density at radius 2 is 1.67 bits per heavy atom. The lowest BCUT2D eigenvalue weighted by Crippen LogP contribution is -2.57. The van der Waals surface area contributed by atoms with E-state index in [0.29, 0.717) is 11.6 Å². The van der Waals surface area contributed by atoms with Crippen molar-refractivity contribution in [3.63, 3.8) is 0 Å². The van der Waals surface area contributed by atoms with Gasteiger partial charge in [0, 0.05) is 26.2 Å². The summed E-state index contributed by atoms with van der Waals surface area (Å²) >= 11 is 5.14. The predicted octanol–water partition coefficient (Wildman–Crippen LogP) is 1.40. The fourth-order valence-electron chi connectivity index (χ4n) is 2.96. The molecule has 0 radical (unpaired) electrons. The van der Waals surface area contributed by atoms with Gasteiger partial charge in [0.05, 0.1) is 17.6 Å². The molecule has 5 nitrogen and oxygen atoms in total. The fourth-order valence-corrected chi connectivity index (χ4v) is 3.28. The lowest BCUT2D eigenvalue weighted by molar-refractivity contribution is -0.150. The first-order valence-corrected chi connectivity index (χ1v) is 8.39. The normalized spacial score (nSPS) is 20.0. The summed E-state index contributed by atoms with van der Waals surface area (Å²) in [6, 6.07) is 0.0661. The topological polar surface area (TPSA) is 58.8 Å². The molecule has 2 atom stereocenters. The summed E-state index contributed by atoms with van der Waals surface area (Å²) in [5.41, 5.74) is 5.81. The third-order valence-electron chi connectivity index (χ3n) is 4.07. The van der Waals surface area contributed by atoms with E-state index in [1.54, 1.807) is 0 Å². The van der Waals surface area contributed by atoms with Crippen LogP contribution in [0, 0.1) is 0 Å². The van der Waals surface area contributed by atoms with Gasteiger partial charge in [0.1, 0.15) is 6.04 Å². The van der Waals surface area contributed by atoms with E-state index < -0.39 is 0 Å². The van der Waals surface area contributed by atoms with Crippen LogP contribution in [-0.2, 0) is 9.53 Å². The molecule has 2 N–H and O–H groups in total. The molecule has 0 amide bonds. The lowest BCUT2D eigenvalue weighted by atomic mass is 10.1. The Morgan fingerprint density at radius 1 is 1.14 bits per heavy atom. The lowest BCUT2D eigenvalue weighted by Gasteiger charge is -2.41. The summed E-state index contributed by atoms with van der Waals surface area (Å²) in [7, 11) is 0. The van der Waals surface area contributed by atoms with E-state index in [-0.39, 0.29) is 18.1 Å². The summed E-state index contributed by atoms with van der Waals surface area (Å²) in [6.07, 6.45) is 2.77. The standard InChI is InChI=1S/C15H29N3O2S/c1-4-7-13(15(19)20-6-3)18-10-8-17(9-11-18)12(5-2)14(16)21/h12-13H,4-11H2,1-3H3,(H2,16,21). The van der Waals surface area contributed by atoms with Crippen molar-refractivity contribution in [2.45, 2.75) is 52.1 Å². The Bertz CT molecular complexity index is 344. The van der Waals surface area contributed by atoms with Crippen LogP contribution >= 0.6 is 12.2 Å². The van der Waals surface area contributed by atoms with Gasteiger partial charge >= 0.3 is 5.97 Å². The van der Waals surface area contributed by atoms with Crippen LogP contribution < -0.4 is 5.73 Å². The number of thiocarbonyl (C=S) groups is 1. The second-order valence-electron chi connectivity index (χ2n) is 5.45. The SMILES string of the molecule is CCCC(C(=O)OCC)N1CCN(C(CC)C(N)=S)CC1. The highest BCUT2D eigenvalue weighted by Gasteiger charge is 2.31. The van der Waals surface area contributed by atoms with Gasteiger partial charge in [-0.3, -0.25) is 14.6 Å². The number of carbonyl (C=O) groups excluding carboxylic acids is 1. The molecule has 1 rings (SSSR count). The maximum absolute atomic E-state index is 12.1. The average molecular weight is 315 g/mol. The van der Waals surface area contributed by atoms with Crippen molar-refractivity contribution in [2.24, 2.45) is 5.73 Å². The highest BCUT2D eigenvalue weighted by molar-refractivity contribution is 7.80. The van der Waals surface area contributed by atoms with Gasteiger partial charge in [0.15, 0.2) is 0 Å².